The molecule has 0 aliphatic rings. The van der Waals surface area contributed by atoms with Gasteiger partial charge in [0.25, 0.3) is 11.1 Å². The first-order valence-electron chi connectivity index (χ1n) is 7.82. The van der Waals surface area contributed by atoms with Crippen LogP contribution in [0.25, 0.3) is 0 Å². The van der Waals surface area contributed by atoms with Crippen LogP contribution in [0.5, 0.6) is 0 Å². The molecule has 0 aromatic carbocycles. The van der Waals surface area contributed by atoms with Gasteiger partial charge in [-0.2, -0.15) is 0 Å². The van der Waals surface area contributed by atoms with Crippen molar-refractivity contribution < 1.29 is 30.3 Å². The van der Waals surface area contributed by atoms with E-state index in [1.807, 2.05) is 0 Å². The van der Waals surface area contributed by atoms with Gasteiger partial charge in [-0.1, -0.05) is 0 Å². The zero-order valence-corrected chi connectivity index (χ0v) is 14.5. The molecule has 0 aromatic heterocycles. The number of hydrogen-bond acceptors (Lipinski definition) is 8. The van der Waals surface area contributed by atoms with E-state index >= 15 is 0 Å². The first kappa shape index (κ1) is 22.6. The quantitative estimate of drug-likeness (QED) is 0.300. The molecule has 0 aromatic rings. The summed E-state index contributed by atoms with van der Waals surface area (Å²) in [5.41, 5.74) is -4.71. The number of nitrogens with zero attached hydrogens (tertiary/aromatic N) is 2. The summed E-state index contributed by atoms with van der Waals surface area (Å²) in [7, 11) is 0. The van der Waals surface area contributed by atoms with Gasteiger partial charge in [-0.25, -0.2) is 0 Å². The van der Waals surface area contributed by atoms with Crippen molar-refractivity contribution in [2.45, 2.75) is 88.9 Å². The summed E-state index contributed by atoms with van der Waals surface area (Å²) < 4.78 is 0. The molecule has 0 saturated carbocycles. The second-order valence-electron chi connectivity index (χ2n) is 6.79. The summed E-state index contributed by atoms with van der Waals surface area (Å²) in [6, 6.07) is 0. The van der Waals surface area contributed by atoms with Gasteiger partial charge in [0.05, 0.1) is 50.1 Å². The van der Waals surface area contributed by atoms with Gasteiger partial charge in [0.15, 0.2) is 0 Å². The van der Waals surface area contributed by atoms with Gasteiger partial charge in [-0.3, -0.25) is 20.2 Å². The van der Waals surface area contributed by atoms with E-state index in [0.29, 0.717) is 0 Å². The van der Waals surface area contributed by atoms with E-state index in [-0.39, 0.29) is 0 Å². The van der Waals surface area contributed by atoms with E-state index in [0.717, 1.165) is 0 Å². The Kier molecular flexibility index (Phi) is 8.16. The minimum atomic E-state index is -2.35. The summed E-state index contributed by atoms with van der Waals surface area (Å²) in [4.78, 5) is 22.1. The average Bonchev–Trinajstić information content (AvgIpc) is 2.33. The molecule has 4 N–H and O–H groups in total. The number of nitro groups is 2. The fraction of sp³-hybridized carbons (Fsp3) is 1.00. The molecular weight excluding hydrogens is 324 g/mol. The summed E-state index contributed by atoms with van der Waals surface area (Å²) in [5.74, 6) is 0. The average molecular weight is 352 g/mol. The van der Waals surface area contributed by atoms with E-state index in [9.17, 15) is 40.7 Å². The van der Waals surface area contributed by atoms with E-state index in [4.69, 9.17) is 0 Å². The Balaban J connectivity index is 6.59. The highest BCUT2D eigenvalue weighted by Gasteiger charge is 2.71. The molecule has 24 heavy (non-hydrogen) atoms. The van der Waals surface area contributed by atoms with Gasteiger partial charge < -0.3 is 20.4 Å². The molecule has 0 amide bonds. The lowest BCUT2D eigenvalue weighted by molar-refractivity contribution is -0.693. The Morgan fingerprint density at radius 1 is 0.667 bits per heavy atom. The third-order valence-corrected chi connectivity index (χ3v) is 4.10. The van der Waals surface area contributed by atoms with E-state index in [1.54, 1.807) is 0 Å². The van der Waals surface area contributed by atoms with Crippen LogP contribution >= 0.6 is 0 Å². The normalized spacial score (nSPS) is 21.8. The minimum absolute atomic E-state index is 0.592. The summed E-state index contributed by atoms with van der Waals surface area (Å²) >= 11 is 0. The zero-order valence-electron chi connectivity index (χ0n) is 14.5. The van der Waals surface area contributed by atoms with Crippen LogP contribution in [0.3, 0.4) is 0 Å². The Labute approximate surface area is 140 Å². The van der Waals surface area contributed by atoms with Crippen molar-refractivity contribution in [1.29, 1.82) is 0 Å². The largest absolute Gasteiger partial charge is 0.393 e. The summed E-state index contributed by atoms with van der Waals surface area (Å²) in [5, 5.41) is 62.8. The van der Waals surface area contributed by atoms with Crippen LogP contribution in [0.15, 0.2) is 0 Å². The number of rotatable bonds is 11. The molecule has 4 atom stereocenters. The molecule has 0 bridgehead atoms. The highest BCUT2D eigenvalue weighted by Crippen LogP contribution is 2.43. The number of aliphatic hydroxyl groups is 4. The highest BCUT2D eigenvalue weighted by molar-refractivity contribution is 5.04. The topological polar surface area (TPSA) is 167 Å². The van der Waals surface area contributed by atoms with Gasteiger partial charge in [-0.15, -0.1) is 0 Å². The third-order valence-electron chi connectivity index (χ3n) is 4.10. The second-order valence-corrected chi connectivity index (χ2v) is 6.79. The molecule has 4 unspecified atom stereocenters. The van der Waals surface area contributed by atoms with E-state index in [1.165, 1.54) is 27.7 Å². The number of aliphatic hydroxyl groups excluding tert-OH is 4. The van der Waals surface area contributed by atoms with Crippen LogP contribution in [0.2, 0.25) is 0 Å². The maximum Gasteiger partial charge on any atom is 0.295 e. The van der Waals surface area contributed by atoms with Crippen LogP contribution < -0.4 is 0 Å². The lowest BCUT2D eigenvalue weighted by atomic mass is 9.65. The Hall–Kier alpha value is -1.36. The monoisotopic (exact) mass is 352 g/mol. The molecule has 0 aliphatic carbocycles. The van der Waals surface area contributed by atoms with Crippen molar-refractivity contribution in [3.05, 3.63) is 20.2 Å². The molecular formula is C14H28N2O8. The van der Waals surface area contributed by atoms with Gasteiger partial charge >= 0.3 is 0 Å². The second kappa shape index (κ2) is 8.65. The maximum atomic E-state index is 11.9. The van der Waals surface area contributed by atoms with Crippen molar-refractivity contribution in [3.63, 3.8) is 0 Å². The molecule has 0 radical (unpaired) electrons. The van der Waals surface area contributed by atoms with Crippen molar-refractivity contribution in [2.75, 3.05) is 0 Å². The molecule has 0 aliphatic heterocycles. The molecule has 10 heteroatoms. The lowest BCUT2D eigenvalue weighted by Gasteiger charge is -2.40. The Morgan fingerprint density at radius 2 is 0.833 bits per heavy atom. The standard InChI is InChI=1S/C14H28N2O8/c1-9(17)5-13(15(21)22,6-10(2)18)14(16(23)24,7-11(3)19)8-12(4)20/h9-12,17-20H,5-8H2,1-4H3. The molecule has 0 saturated heterocycles. The first-order valence-corrected chi connectivity index (χ1v) is 7.82. The Morgan fingerprint density at radius 3 is 0.917 bits per heavy atom. The molecule has 0 heterocycles. The molecule has 0 fully saturated rings. The van der Waals surface area contributed by atoms with Crippen molar-refractivity contribution in [1.82, 2.24) is 0 Å². The fourth-order valence-electron chi connectivity index (χ4n) is 3.52. The molecule has 10 nitrogen and oxygen atoms in total. The van der Waals surface area contributed by atoms with Gasteiger partial charge in [0.1, 0.15) is 0 Å². The van der Waals surface area contributed by atoms with Gasteiger partial charge in [-0.05, 0) is 27.7 Å². The summed E-state index contributed by atoms with van der Waals surface area (Å²) in [6.45, 7) is 5.04. The van der Waals surface area contributed by atoms with E-state index < -0.39 is 71.0 Å². The summed E-state index contributed by atoms with van der Waals surface area (Å²) in [6.07, 6.45) is -7.38. The lowest BCUT2D eigenvalue weighted by Crippen LogP contribution is -2.67. The molecule has 142 valence electrons. The van der Waals surface area contributed by atoms with Gasteiger partial charge in [0, 0.05) is 9.85 Å². The van der Waals surface area contributed by atoms with Crippen LogP contribution in [-0.4, -0.2) is 65.8 Å². The van der Waals surface area contributed by atoms with Crippen molar-refractivity contribution >= 4 is 0 Å². The Bertz CT molecular complexity index is 376. The third kappa shape index (κ3) is 5.07. The van der Waals surface area contributed by atoms with Crippen LogP contribution in [0.4, 0.5) is 0 Å². The fourth-order valence-corrected chi connectivity index (χ4v) is 3.52. The van der Waals surface area contributed by atoms with Crippen LogP contribution in [-0.2, 0) is 0 Å². The zero-order chi connectivity index (χ0) is 19.3. The number of hydrogen-bond donors (Lipinski definition) is 4. The van der Waals surface area contributed by atoms with E-state index in [2.05, 4.69) is 0 Å². The maximum absolute atomic E-state index is 11.9. The van der Waals surface area contributed by atoms with Gasteiger partial charge in [0.2, 0.25) is 0 Å². The SMILES string of the molecule is CC(O)CC(CC(C)O)([N+](=O)[O-])C(CC(C)O)(CC(C)O)[N+](=O)[O-]. The predicted octanol–water partition coefficient (Wildman–Crippen LogP) is 0.101. The van der Waals surface area contributed by atoms with Crippen molar-refractivity contribution in [3.8, 4) is 0 Å². The minimum Gasteiger partial charge on any atom is -0.393 e. The highest BCUT2D eigenvalue weighted by atomic mass is 16.7. The van der Waals surface area contributed by atoms with Crippen molar-refractivity contribution in [2.24, 2.45) is 0 Å². The smallest absolute Gasteiger partial charge is 0.295 e. The molecule has 0 spiro atoms. The van der Waals surface area contributed by atoms with Crippen LogP contribution in [0.1, 0.15) is 53.4 Å². The predicted molar refractivity (Wildman–Crippen MR) is 84.6 cm³/mol. The first-order chi connectivity index (χ1) is 10.8. The van der Waals surface area contributed by atoms with Crippen LogP contribution in [0, 0.1) is 20.2 Å². The molecule has 0 rings (SSSR count).